The van der Waals surface area contributed by atoms with E-state index >= 15 is 0 Å². The van der Waals surface area contributed by atoms with Crippen LogP contribution in [0, 0.1) is 0 Å². The number of hydrogen-bond acceptors (Lipinski definition) is 4. The topological polar surface area (TPSA) is 85.6 Å². The first-order valence-corrected chi connectivity index (χ1v) is 6.35. The quantitative estimate of drug-likeness (QED) is 0.832. The summed E-state index contributed by atoms with van der Waals surface area (Å²) >= 11 is 0. The number of nitrogens with zero attached hydrogens (tertiary/aromatic N) is 4. The molecule has 0 fully saturated rings. The highest BCUT2D eigenvalue weighted by molar-refractivity contribution is 5.05. The van der Waals surface area contributed by atoms with Crippen molar-refractivity contribution in [2.24, 2.45) is 0 Å². The van der Waals surface area contributed by atoms with E-state index in [0.717, 1.165) is 13.0 Å². The normalized spacial score (nSPS) is 10.8. The van der Waals surface area contributed by atoms with Crippen LogP contribution in [0.4, 0.5) is 0 Å². The second kappa shape index (κ2) is 5.64. The van der Waals surface area contributed by atoms with Crippen LogP contribution in [0.5, 0.6) is 0 Å². The second-order valence-corrected chi connectivity index (χ2v) is 4.29. The number of aromatic amines is 1. The monoisotopic (exact) mass is 263 g/mol. The minimum absolute atomic E-state index is 0.308. The summed E-state index contributed by atoms with van der Waals surface area (Å²) in [7, 11) is 0. The highest BCUT2D eigenvalue weighted by Crippen LogP contribution is 1.99. The number of aryl methyl sites for hydroxylation is 2. The molecule has 2 aromatic rings. The van der Waals surface area contributed by atoms with Crippen molar-refractivity contribution in [2.45, 2.75) is 39.8 Å². The molecule has 0 radical (unpaired) electrons. The maximum atomic E-state index is 11.8. The van der Waals surface area contributed by atoms with Gasteiger partial charge >= 0.3 is 5.69 Å². The molecule has 0 aliphatic rings. The average Bonchev–Trinajstić information content (AvgIpc) is 2.80. The molecule has 0 bridgehead atoms. The van der Waals surface area contributed by atoms with Crippen LogP contribution in [-0.4, -0.2) is 24.3 Å². The van der Waals surface area contributed by atoms with Gasteiger partial charge in [0.2, 0.25) is 0 Å². The molecule has 19 heavy (non-hydrogen) atoms. The smallest absolute Gasteiger partial charge is 0.293 e. The number of H-pyrrole nitrogens is 1. The molecule has 1 N–H and O–H groups in total. The summed E-state index contributed by atoms with van der Waals surface area (Å²) in [4.78, 5) is 29.7. The van der Waals surface area contributed by atoms with Crippen molar-refractivity contribution in [3.63, 3.8) is 0 Å². The Balaban J connectivity index is 2.35. The van der Waals surface area contributed by atoms with E-state index < -0.39 is 5.69 Å². The molecular weight excluding hydrogens is 246 g/mol. The first kappa shape index (κ1) is 13.3. The lowest BCUT2D eigenvalue weighted by atomic mass is 10.2. The van der Waals surface area contributed by atoms with Crippen LogP contribution in [0.3, 0.4) is 0 Å². The molecule has 7 heteroatoms. The lowest BCUT2D eigenvalue weighted by molar-refractivity contribution is 0.546. The molecular formula is C12H17N5O2. The lowest BCUT2D eigenvalue weighted by Gasteiger charge is -2.07. The van der Waals surface area contributed by atoms with Gasteiger partial charge < -0.3 is 0 Å². The summed E-state index contributed by atoms with van der Waals surface area (Å²) < 4.78 is 3.22. The molecule has 0 amide bonds. The van der Waals surface area contributed by atoms with Gasteiger partial charge in [-0.3, -0.25) is 14.3 Å². The van der Waals surface area contributed by atoms with E-state index in [-0.39, 0.29) is 5.56 Å². The van der Waals surface area contributed by atoms with Gasteiger partial charge in [-0.2, -0.15) is 5.10 Å². The van der Waals surface area contributed by atoms with Gasteiger partial charge in [0.25, 0.3) is 5.56 Å². The Morgan fingerprint density at radius 3 is 2.79 bits per heavy atom. The van der Waals surface area contributed by atoms with Gasteiger partial charge in [0.05, 0.1) is 6.54 Å². The van der Waals surface area contributed by atoms with Crippen LogP contribution in [0.25, 0.3) is 0 Å². The van der Waals surface area contributed by atoms with Gasteiger partial charge in [0, 0.05) is 18.3 Å². The van der Waals surface area contributed by atoms with E-state index in [4.69, 9.17) is 0 Å². The van der Waals surface area contributed by atoms with Crippen molar-refractivity contribution in [1.29, 1.82) is 0 Å². The molecule has 0 spiro atoms. The Hall–Kier alpha value is -2.18. The first-order chi connectivity index (χ1) is 9.15. The van der Waals surface area contributed by atoms with E-state index in [2.05, 4.69) is 15.1 Å². The minimum Gasteiger partial charge on any atom is -0.293 e. The third-order valence-corrected chi connectivity index (χ3v) is 2.91. The zero-order valence-electron chi connectivity index (χ0n) is 11.1. The van der Waals surface area contributed by atoms with E-state index in [1.807, 2.05) is 13.8 Å². The predicted molar refractivity (Wildman–Crippen MR) is 70.1 cm³/mol. The molecule has 102 valence electrons. The summed E-state index contributed by atoms with van der Waals surface area (Å²) in [6.45, 7) is 4.99. The van der Waals surface area contributed by atoms with Gasteiger partial charge in [0.15, 0.2) is 0 Å². The standard InChI is InChI=1S/C12H17N5O2/c1-3-5-17-10(13-8-14-17)7-16-6-9(4-2)11(18)15-12(16)19/h6,8H,3-5,7H2,1-2H3,(H,15,18,19). The highest BCUT2D eigenvalue weighted by atomic mass is 16.2. The molecule has 0 atom stereocenters. The van der Waals surface area contributed by atoms with Gasteiger partial charge in [-0.05, 0) is 12.8 Å². The molecule has 2 heterocycles. The lowest BCUT2D eigenvalue weighted by Crippen LogP contribution is -2.32. The Morgan fingerprint density at radius 1 is 1.32 bits per heavy atom. The Morgan fingerprint density at radius 2 is 2.11 bits per heavy atom. The Bertz CT molecular complexity index is 667. The SMILES string of the molecule is CCCn1ncnc1Cn1cc(CC)c(=O)[nH]c1=O. The molecule has 7 nitrogen and oxygen atoms in total. The Kier molecular flexibility index (Phi) is 3.94. The van der Waals surface area contributed by atoms with Gasteiger partial charge in [0.1, 0.15) is 12.2 Å². The van der Waals surface area contributed by atoms with E-state index in [9.17, 15) is 9.59 Å². The minimum atomic E-state index is -0.423. The number of rotatable bonds is 5. The van der Waals surface area contributed by atoms with Crippen LogP contribution < -0.4 is 11.2 Å². The van der Waals surface area contributed by atoms with Crippen molar-refractivity contribution < 1.29 is 0 Å². The predicted octanol–water partition coefficient (Wildman–Crippen LogP) is 0.149. The number of hydrogen-bond donors (Lipinski definition) is 1. The molecule has 0 aromatic carbocycles. The zero-order chi connectivity index (χ0) is 13.8. The number of aromatic nitrogens is 5. The summed E-state index contributed by atoms with van der Waals surface area (Å²) in [6, 6.07) is 0. The van der Waals surface area contributed by atoms with E-state index in [0.29, 0.717) is 24.4 Å². The third-order valence-electron chi connectivity index (χ3n) is 2.91. The molecule has 0 saturated heterocycles. The molecule has 0 saturated carbocycles. The molecule has 2 aromatic heterocycles. The van der Waals surface area contributed by atoms with E-state index in [1.165, 1.54) is 10.9 Å². The van der Waals surface area contributed by atoms with Crippen molar-refractivity contribution in [3.8, 4) is 0 Å². The average molecular weight is 263 g/mol. The van der Waals surface area contributed by atoms with Gasteiger partial charge in [-0.1, -0.05) is 13.8 Å². The maximum absolute atomic E-state index is 11.8. The highest BCUT2D eigenvalue weighted by Gasteiger charge is 2.08. The largest absolute Gasteiger partial charge is 0.328 e. The maximum Gasteiger partial charge on any atom is 0.328 e. The van der Waals surface area contributed by atoms with Crippen molar-refractivity contribution in [2.75, 3.05) is 0 Å². The van der Waals surface area contributed by atoms with Gasteiger partial charge in [-0.25, -0.2) is 14.5 Å². The van der Waals surface area contributed by atoms with Crippen molar-refractivity contribution in [3.05, 3.63) is 44.8 Å². The summed E-state index contributed by atoms with van der Waals surface area (Å²) in [5.41, 5.74) is -0.159. The summed E-state index contributed by atoms with van der Waals surface area (Å²) in [6.07, 6.45) is 4.59. The third kappa shape index (κ3) is 2.81. The van der Waals surface area contributed by atoms with Crippen LogP contribution in [-0.2, 0) is 19.5 Å². The fraction of sp³-hybridized carbons (Fsp3) is 0.500. The van der Waals surface area contributed by atoms with Crippen LogP contribution in [0.15, 0.2) is 22.1 Å². The molecule has 0 aliphatic heterocycles. The summed E-state index contributed by atoms with van der Waals surface area (Å²) in [5, 5.41) is 4.11. The molecule has 2 rings (SSSR count). The summed E-state index contributed by atoms with van der Waals surface area (Å²) in [5.74, 6) is 0.707. The Labute approximate surface area is 109 Å². The van der Waals surface area contributed by atoms with Crippen LogP contribution >= 0.6 is 0 Å². The fourth-order valence-electron chi connectivity index (χ4n) is 1.89. The first-order valence-electron chi connectivity index (χ1n) is 6.35. The van der Waals surface area contributed by atoms with Crippen molar-refractivity contribution in [1.82, 2.24) is 24.3 Å². The van der Waals surface area contributed by atoms with Crippen LogP contribution in [0.2, 0.25) is 0 Å². The second-order valence-electron chi connectivity index (χ2n) is 4.29. The van der Waals surface area contributed by atoms with Crippen molar-refractivity contribution >= 4 is 0 Å². The van der Waals surface area contributed by atoms with Gasteiger partial charge in [-0.15, -0.1) is 0 Å². The molecule has 0 unspecified atom stereocenters. The van der Waals surface area contributed by atoms with E-state index in [1.54, 1.807) is 10.9 Å². The molecule has 0 aliphatic carbocycles. The van der Waals surface area contributed by atoms with Crippen LogP contribution in [0.1, 0.15) is 31.7 Å². The number of nitrogens with one attached hydrogen (secondary N) is 1. The zero-order valence-corrected chi connectivity index (χ0v) is 11.1. The fourth-order valence-corrected chi connectivity index (χ4v) is 1.89.